The van der Waals surface area contributed by atoms with Crippen molar-refractivity contribution >= 4 is 28.2 Å². The lowest BCUT2D eigenvalue weighted by molar-refractivity contribution is -0.117. The standard InChI is InChI=1S/C15H15N3O3S/c1-21-9-4-2-3-8(5-9)10-6-11(10)14(20)18-12-7-17-15(22-12)13(16)19/h2-5,7,10-11H,6H2,1H3,(H2,16,19)(H,18,20)/t10-,11+/m1/s1. The van der Waals surface area contributed by atoms with Crippen LogP contribution in [0.1, 0.15) is 27.7 Å². The van der Waals surface area contributed by atoms with Crippen molar-refractivity contribution in [2.24, 2.45) is 11.7 Å². The molecular weight excluding hydrogens is 302 g/mol. The molecule has 1 aromatic carbocycles. The van der Waals surface area contributed by atoms with Gasteiger partial charge in [0.15, 0.2) is 5.01 Å². The molecule has 22 heavy (non-hydrogen) atoms. The second kappa shape index (κ2) is 5.76. The molecule has 2 atom stereocenters. The third-order valence-corrected chi connectivity index (χ3v) is 4.54. The smallest absolute Gasteiger partial charge is 0.277 e. The van der Waals surface area contributed by atoms with Crippen LogP contribution in [-0.2, 0) is 4.79 Å². The third kappa shape index (κ3) is 2.94. The molecule has 1 heterocycles. The van der Waals surface area contributed by atoms with Gasteiger partial charge in [0, 0.05) is 5.92 Å². The summed E-state index contributed by atoms with van der Waals surface area (Å²) in [6, 6.07) is 7.75. The summed E-state index contributed by atoms with van der Waals surface area (Å²) in [7, 11) is 1.62. The van der Waals surface area contributed by atoms with Crippen molar-refractivity contribution < 1.29 is 14.3 Å². The second-order valence-corrected chi connectivity index (χ2v) is 6.14. The maximum absolute atomic E-state index is 12.2. The summed E-state index contributed by atoms with van der Waals surface area (Å²) in [6.45, 7) is 0. The highest BCUT2D eigenvalue weighted by Gasteiger charge is 2.44. The van der Waals surface area contributed by atoms with Crippen molar-refractivity contribution in [2.45, 2.75) is 12.3 Å². The van der Waals surface area contributed by atoms with Crippen molar-refractivity contribution in [3.8, 4) is 5.75 Å². The summed E-state index contributed by atoms with van der Waals surface area (Å²) in [5.41, 5.74) is 6.24. The average Bonchev–Trinajstić information content (AvgIpc) is 3.19. The molecule has 0 bridgehead atoms. The van der Waals surface area contributed by atoms with Gasteiger partial charge in [0.25, 0.3) is 5.91 Å². The molecule has 1 aromatic heterocycles. The van der Waals surface area contributed by atoms with Crippen LogP contribution in [0.5, 0.6) is 5.75 Å². The molecule has 7 heteroatoms. The Balaban J connectivity index is 1.63. The second-order valence-electron chi connectivity index (χ2n) is 5.11. The fraction of sp³-hybridized carbons (Fsp3) is 0.267. The Morgan fingerprint density at radius 1 is 1.45 bits per heavy atom. The van der Waals surface area contributed by atoms with Crippen LogP contribution in [0.4, 0.5) is 5.00 Å². The van der Waals surface area contributed by atoms with E-state index in [0.29, 0.717) is 5.00 Å². The number of ether oxygens (including phenoxy) is 1. The summed E-state index contributed by atoms with van der Waals surface area (Å²) in [5.74, 6) is 0.278. The Labute approximate surface area is 131 Å². The number of hydrogen-bond acceptors (Lipinski definition) is 5. The lowest BCUT2D eigenvalue weighted by atomic mass is 10.1. The van der Waals surface area contributed by atoms with Crippen LogP contribution in [0.25, 0.3) is 0 Å². The fourth-order valence-corrected chi connectivity index (χ4v) is 3.06. The topological polar surface area (TPSA) is 94.3 Å². The van der Waals surface area contributed by atoms with Crippen molar-refractivity contribution in [3.63, 3.8) is 0 Å². The first-order valence-corrected chi connectivity index (χ1v) is 7.60. The summed E-state index contributed by atoms with van der Waals surface area (Å²) in [4.78, 5) is 27.1. The summed E-state index contributed by atoms with van der Waals surface area (Å²) < 4.78 is 5.20. The quantitative estimate of drug-likeness (QED) is 0.881. The van der Waals surface area contributed by atoms with Gasteiger partial charge in [0.1, 0.15) is 10.8 Å². The fourth-order valence-electron chi connectivity index (χ4n) is 2.39. The van der Waals surface area contributed by atoms with Gasteiger partial charge >= 0.3 is 0 Å². The lowest BCUT2D eigenvalue weighted by Crippen LogP contribution is -2.13. The van der Waals surface area contributed by atoms with Gasteiger partial charge in [-0.1, -0.05) is 23.5 Å². The number of carbonyl (C=O) groups is 2. The molecule has 0 spiro atoms. The van der Waals surface area contributed by atoms with Crippen LogP contribution in [-0.4, -0.2) is 23.9 Å². The van der Waals surface area contributed by atoms with E-state index in [1.54, 1.807) is 7.11 Å². The molecule has 114 valence electrons. The summed E-state index contributed by atoms with van der Waals surface area (Å²) in [5, 5.41) is 3.51. The van der Waals surface area contributed by atoms with Gasteiger partial charge in [-0.15, -0.1) is 0 Å². The molecule has 1 aliphatic rings. The molecule has 6 nitrogen and oxygen atoms in total. The molecule has 3 N–H and O–H groups in total. The van der Waals surface area contributed by atoms with Gasteiger partial charge in [0.2, 0.25) is 5.91 Å². The van der Waals surface area contributed by atoms with Crippen LogP contribution in [0, 0.1) is 5.92 Å². The van der Waals surface area contributed by atoms with E-state index in [4.69, 9.17) is 10.5 Å². The van der Waals surface area contributed by atoms with Crippen LogP contribution >= 0.6 is 11.3 Å². The minimum absolute atomic E-state index is 0.0625. The number of nitrogens with one attached hydrogen (secondary N) is 1. The van der Waals surface area contributed by atoms with Crippen LogP contribution < -0.4 is 15.8 Å². The number of aromatic nitrogens is 1. The maximum atomic E-state index is 12.2. The lowest BCUT2D eigenvalue weighted by Gasteiger charge is -2.04. The zero-order valence-corrected chi connectivity index (χ0v) is 12.7. The van der Waals surface area contributed by atoms with Gasteiger partial charge in [-0.2, -0.15) is 0 Å². The first-order valence-electron chi connectivity index (χ1n) is 6.79. The molecular formula is C15H15N3O3S. The number of amides is 2. The minimum Gasteiger partial charge on any atom is -0.497 e. The zero-order valence-electron chi connectivity index (χ0n) is 11.9. The molecule has 2 aromatic rings. The predicted molar refractivity (Wildman–Crippen MR) is 83.1 cm³/mol. The summed E-state index contributed by atoms with van der Waals surface area (Å²) >= 11 is 1.08. The number of methoxy groups -OCH3 is 1. The van der Waals surface area contributed by atoms with Gasteiger partial charge in [-0.3, -0.25) is 9.59 Å². The van der Waals surface area contributed by atoms with Crippen molar-refractivity contribution in [1.82, 2.24) is 4.98 Å². The number of nitrogens with zero attached hydrogens (tertiary/aromatic N) is 1. The Morgan fingerprint density at radius 2 is 2.27 bits per heavy atom. The molecule has 0 aliphatic heterocycles. The molecule has 0 radical (unpaired) electrons. The average molecular weight is 317 g/mol. The van der Waals surface area contributed by atoms with E-state index >= 15 is 0 Å². The van der Waals surface area contributed by atoms with Gasteiger partial charge in [0.05, 0.1) is 13.3 Å². The Hall–Kier alpha value is -2.41. The van der Waals surface area contributed by atoms with Crippen LogP contribution in [0.3, 0.4) is 0 Å². The van der Waals surface area contributed by atoms with Crippen LogP contribution in [0.2, 0.25) is 0 Å². The normalized spacial score (nSPS) is 19.5. The van der Waals surface area contributed by atoms with Crippen molar-refractivity contribution in [1.29, 1.82) is 0 Å². The van der Waals surface area contributed by atoms with E-state index in [1.165, 1.54) is 6.20 Å². The number of carbonyl (C=O) groups excluding carboxylic acids is 2. The molecule has 0 unspecified atom stereocenters. The number of rotatable bonds is 5. The van der Waals surface area contributed by atoms with Gasteiger partial charge < -0.3 is 15.8 Å². The Bertz CT molecular complexity index is 728. The highest BCUT2D eigenvalue weighted by molar-refractivity contribution is 7.17. The molecule has 2 amide bonds. The monoisotopic (exact) mass is 317 g/mol. The number of anilines is 1. The molecule has 1 aliphatic carbocycles. The van der Waals surface area contributed by atoms with Crippen molar-refractivity contribution in [2.75, 3.05) is 12.4 Å². The van der Waals surface area contributed by atoms with E-state index in [-0.39, 0.29) is 22.8 Å². The molecule has 1 saturated carbocycles. The van der Waals surface area contributed by atoms with Crippen LogP contribution in [0.15, 0.2) is 30.5 Å². The predicted octanol–water partition coefficient (Wildman–Crippen LogP) is 1.99. The number of benzene rings is 1. The molecule has 0 saturated heterocycles. The number of primary amides is 1. The minimum atomic E-state index is -0.592. The molecule has 1 fully saturated rings. The summed E-state index contributed by atoms with van der Waals surface area (Å²) in [6.07, 6.45) is 2.26. The maximum Gasteiger partial charge on any atom is 0.277 e. The van der Waals surface area contributed by atoms with Gasteiger partial charge in [-0.25, -0.2) is 4.98 Å². The number of thiazole rings is 1. The first kappa shape index (κ1) is 14.5. The van der Waals surface area contributed by atoms with E-state index in [1.807, 2.05) is 24.3 Å². The SMILES string of the molecule is COc1cccc([C@H]2C[C@@H]2C(=O)Nc2cnc(C(N)=O)s2)c1. The Kier molecular flexibility index (Phi) is 3.81. The molecule has 3 rings (SSSR count). The van der Waals surface area contributed by atoms with E-state index in [9.17, 15) is 9.59 Å². The van der Waals surface area contributed by atoms with E-state index < -0.39 is 5.91 Å². The highest BCUT2D eigenvalue weighted by Crippen LogP contribution is 2.48. The highest BCUT2D eigenvalue weighted by atomic mass is 32.1. The third-order valence-electron chi connectivity index (χ3n) is 3.61. The van der Waals surface area contributed by atoms with Crippen molar-refractivity contribution in [3.05, 3.63) is 41.0 Å². The number of hydrogen-bond donors (Lipinski definition) is 2. The van der Waals surface area contributed by atoms with Gasteiger partial charge in [-0.05, 0) is 30.0 Å². The zero-order chi connectivity index (χ0) is 15.7. The number of nitrogens with two attached hydrogens (primary N) is 1. The Morgan fingerprint density at radius 3 is 2.95 bits per heavy atom. The first-order chi connectivity index (χ1) is 10.6. The van der Waals surface area contributed by atoms with E-state index in [0.717, 1.165) is 29.1 Å². The van der Waals surface area contributed by atoms with E-state index in [2.05, 4.69) is 10.3 Å². The largest absolute Gasteiger partial charge is 0.497 e.